The van der Waals surface area contributed by atoms with Gasteiger partial charge in [0.25, 0.3) is 5.56 Å². The van der Waals surface area contributed by atoms with E-state index < -0.39 is 0 Å². The van der Waals surface area contributed by atoms with Crippen molar-refractivity contribution in [2.24, 2.45) is 12.8 Å². The molecule has 2 heterocycles. The number of nitrogens with zero attached hydrogens (tertiary/aromatic N) is 4. The molecule has 0 aliphatic rings. The minimum Gasteiger partial charge on any atom is -0.330 e. The van der Waals surface area contributed by atoms with E-state index in [1.807, 2.05) is 13.8 Å². The van der Waals surface area contributed by atoms with Crippen LogP contribution in [-0.2, 0) is 20.1 Å². The zero-order valence-corrected chi connectivity index (χ0v) is 12.9. The number of hydrogen-bond donors (Lipinski definition) is 1. The molecule has 0 unspecified atom stereocenters. The highest BCUT2D eigenvalue weighted by atomic mass is 16.2. The van der Waals surface area contributed by atoms with E-state index in [-0.39, 0.29) is 11.2 Å². The topological polar surface area (TPSA) is 87.8 Å². The maximum absolute atomic E-state index is 12.6. The van der Waals surface area contributed by atoms with Gasteiger partial charge in [-0.05, 0) is 32.7 Å². The van der Waals surface area contributed by atoms with E-state index in [4.69, 9.17) is 5.73 Å². The van der Waals surface area contributed by atoms with Gasteiger partial charge in [0.05, 0.1) is 0 Å². The summed E-state index contributed by atoms with van der Waals surface area (Å²) in [6.45, 7) is 5.35. The van der Waals surface area contributed by atoms with Gasteiger partial charge in [-0.15, -0.1) is 0 Å². The molecule has 21 heavy (non-hydrogen) atoms. The van der Waals surface area contributed by atoms with E-state index in [1.54, 1.807) is 16.2 Å². The third-order valence-electron chi connectivity index (χ3n) is 3.75. The van der Waals surface area contributed by atoms with Crippen LogP contribution in [-0.4, -0.2) is 25.2 Å². The summed E-state index contributed by atoms with van der Waals surface area (Å²) >= 11 is 0. The molecule has 2 aromatic heterocycles. The Kier molecular flexibility index (Phi) is 4.62. The van der Waals surface area contributed by atoms with Gasteiger partial charge in [0, 0.05) is 20.1 Å². The fourth-order valence-corrected chi connectivity index (χ4v) is 2.51. The van der Waals surface area contributed by atoms with Crippen molar-refractivity contribution in [2.45, 2.75) is 46.2 Å². The quantitative estimate of drug-likeness (QED) is 0.779. The van der Waals surface area contributed by atoms with Crippen LogP contribution >= 0.6 is 0 Å². The number of rotatable bonds is 6. The van der Waals surface area contributed by atoms with Crippen molar-refractivity contribution in [3.63, 3.8) is 0 Å². The van der Waals surface area contributed by atoms with Gasteiger partial charge < -0.3 is 10.3 Å². The lowest BCUT2D eigenvalue weighted by molar-refractivity contribution is 0.533. The number of nitrogens with two attached hydrogens (primary N) is 1. The summed E-state index contributed by atoms with van der Waals surface area (Å²) < 4.78 is 4.67. The van der Waals surface area contributed by atoms with Gasteiger partial charge in [0.1, 0.15) is 5.82 Å². The Morgan fingerprint density at radius 3 is 2.48 bits per heavy atom. The molecule has 0 saturated carbocycles. The first kappa shape index (κ1) is 15.5. The van der Waals surface area contributed by atoms with Crippen molar-refractivity contribution in [3.05, 3.63) is 26.7 Å². The molecule has 0 fully saturated rings. The van der Waals surface area contributed by atoms with Crippen molar-refractivity contribution in [1.29, 1.82) is 0 Å². The second-order valence-electron chi connectivity index (χ2n) is 5.28. The monoisotopic (exact) mass is 293 g/mol. The molecular weight excluding hydrogens is 270 g/mol. The molecule has 0 radical (unpaired) electrons. The Morgan fingerprint density at radius 2 is 1.86 bits per heavy atom. The highest BCUT2D eigenvalue weighted by Crippen LogP contribution is 2.09. The number of unbranched alkanes of at least 4 members (excludes halogenated alkanes) is 1. The smallest absolute Gasteiger partial charge is 0.330 e. The van der Waals surface area contributed by atoms with E-state index in [0.717, 1.165) is 25.1 Å². The molecule has 0 saturated heterocycles. The standard InChI is InChI=1S/C14H23N5O2/c1-4-8-18-12-11(17(3)10(2)16-12)13(20)19(14(18)21)9-6-5-7-15/h4-9,15H2,1-3H3. The lowest BCUT2D eigenvalue weighted by Gasteiger charge is -2.10. The molecule has 0 amide bonds. The van der Waals surface area contributed by atoms with Crippen molar-refractivity contribution in [1.82, 2.24) is 18.7 Å². The molecule has 0 aromatic carbocycles. The molecule has 0 spiro atoms. The Morgan fingerprint density at radius 1 is 1.14 bits per heavy atom. The highest BCUT2D eigenvalue weighted by Gasteiger charge is 2.17. The Bertz CT molecular complexity index is 753. The molecule has 0 bridgehead atoms. The molecular formula is C14H23N5O2. The van der Waals surface area contributed by atoms with Crippen LogP contribution in [0.1, 0.15) is 32.0 Å². The first-order valence-corrected chi connectivity index (χ1v) is 7.39. The van der Waals surface area contributed by atoms with Gasteiger partial charge in [-0.1, -0.05) is 6.92 Å². The maximum atomic E-state index is 12.6. The van der Waals surface area contributed by atoms with E-state index in [1.165, 1.54) is 4.57 Å². The Hall–Kier alpha value is -1.89. The first-order chi connectivity index (χ1) is 10.0. The molecule has 2 rings (SSSR count). The summed E-state index contributed by atoms with van der Waals surface area (Å²) in [5.41, 5.74) is 5.93. The van der Waals surface area contributed by atoms with Crippen molar-refractivity contribution >= 4 is 11.2 Å². The Labute approximate surface area is 123 Å². The van der Waals surface area contributed by atoms with Gasteiger partial charge in [-0.2, -0.15) is 0 Å². The first-order valence-electron chi connectivity index (χ1n) is 7.39. The summed E-state index contributed by atoms with van der Waals surface area (Å²) in [5, 5.41) is 0. The second-order valence-corrected chi connectivity index (χ2v) is 5.28. The molecule has 0 atom stereocenters. The molecule has 2 N–H and O–H groups in total. The minimum atomic E-state index is -0.274. The maximum Gasteiger partial charge on any atom is 0.332 e. The predicted molar refractivity (Wildman–Crippen MR) is 82.6 cm³/mol. The third kappa shape index (κ3) is 2.65. The number of hydrogen-bond acceptors (Lipinski definition) is 4. The van der Waals surface area contributed by atoms with Crippen LogP contribution in [0.2, 0.25) is 0 Å². The fourth-order valence-electron chi connectivity index (χ4n) is 2.51. The SMILES string of the molecule is CCCn1c(=O)n(CCCCN)c(=O)c2c1nc(C)n2C. The van der Waals surface area contributed by atoms with Crippen LogP contribution < -0.4 is 17.0 Å². The van der Waals surface area contributed by atoms with Crippen LogP contribution in [0.4, 0.5) is 0 Å². The van der Waals surface area contributed by atoms with Gasteiger partial charge in [0.15, 0.2) is 11.2 Å². The molecule has 0 aliphatic heterocycles. The molecule has 116 valence electrons. The largest absolute Gasteiger partial charge is 0.332 e. The molecule has 0 aliphatic carbocycles. The number of imidazole rings is 1. The van der Waals surface area contributed by atoms with E-state index in [2.05, 4.69) is 4.98 Å². The molecule has 7 heteroatoms. The lowest BCUT2D eigenvalue weighted by Crippen LogP contribution is -2.40. The number of aromatic nitrogens is 4. The predicted octanol–water partition coefficient (Wildman–Crippen LogP) is 0.354. The summed E-state index contributed by atoms with van der Waals surface area (Å²) in [5.74, 6) is 0.728. The average molecular weight is 293 g/mol. The summed E-state index contributed by atoms with van der Waals surface area (Å²) in [7, 11) is 1.80. The van der Waals surface area contributed by atoms with Crippen molar-refractivity contribution in [3.8, 4) is 0 Å². The normalized spacial score (nSPS) is 11.4. The fraction of sp³-hybridized carbons (Fsp3) is 0.643. The van der Waals surface area contributed by atoms with Crippen LogP contribution in [0.3, 0.4) is 0 Å². The van der Waals surface area contributed by atoms with Crippen LogP contribution in [0.5, 0.6) is 0 Å². The molecule has 2 aromatic rings. The van der Waals surface area contributed by atoms with Gasteiger partial charge in [0.2, 0.25) is 0 Å². The number of fused-ring (bicyclic) bond motifs is 1. The second kappa shape index (κ2) is 6.26. The Balaban J connectivity index is 2.71. The zero-order chi connectivity index (χ0) is 15.6. The van der Waals surface area contributed by atoms with E-state index in [9.17, 15) is 9.59 Å². The van der Waals surface area contributed by atoms with E-state index >= 15 is 0 Å². The molecule has 7 nitrogen and oxygen atoms in total. The average Bonchev–Trinajstić information content (AvgIpc) is 2.75. The van der Waals surface area contributed by atoms with Crippen LogP contribution in [0.15, 0.2) is 9.59 Å². The van der Waals surface area contributed by atoms with Crippen LogP contribution in [0, 0.1) is 6.92 Å². The van der Waals surface area contributed by atoms with Crippen molar-refractivity contribution < 1.29 is 0 Å². The van der Waals surface area contributed by atoms with Crippen LogP contribution in [0.25, 0.3) is 11.2 Å². The zero-order valence-electron chi connectivity index (χ0n) is 12.9. The van der Waals surface area contributed by atoms with Gasteiger partial charge in [-0.3, -0.25) is 13.9 Å². The third-order valence-corrected chi connectivity index (χ3v) is 3.75. The summed E-state index contributed by atoms with van der Waals surface area (Å²) in [4.78, 5) is 29.5. The van der Waals surface area contributed by atoms with Gasteiger partial charge in [-0.25, -0.2) is 9.78 Å². The summed E-state index contributed by atoms with van der Waals surface area (Å²) in [6.07, 6.45) is 2.33. The number of aryl methyl sites for hydroxylation is 3. The lowest BCUT2D eigenvalue weighted by atomic mass is 10.3. The van der Waals surface area contributed by atoms with E-state index in [0.29, 0.717) is 30.8 Å². The highest BCUT2D eigenvalue weighted by molar-refractivity contribution is 5.70. The minimum absolute atomic E-state index is 0.262. The van der Waals surface area contributed by atoms with Gasteiger partial charge >= 0.3 is 5.69 Å². The summed E-state index contributed by atoms with van der Waals surface area (Å²) in [6, 6.07) is 0. The van der Waals surface area contributed by atoms with Crippen molar-refractivity contribution in [2.75, 3.05) is 6.54 Å².